The molecule has 7 nitrogen and oxygen atoms in total. The van der Waals surface area contributed by atoms with E-state index < -0.39 is 24.3 Å². The predicted octanol–water partition coefficient (Wildman–Crippen LogP) is 0.795. The van der Waals surface area contributed by atoms with Crippen molar-refractivity contribution in [2.45, 2.75) is 19.1 Å². The summed E-state index contributed by atoms with van der Waals surface area (Å²) in [7, 11) is 0. The number of aliphatic hydroxyl groups excluding tert-OH is 1. The third kappa shape index (κ3) is 4.72. The number of hydrogen-bond acceptors (Lipinski definition) is 6. The third-order valence-electron chi connectivity index (χ3n) is 2.19. The number of pyridine rings is 1. The van der Waals surface area contributed by atoms with Crippen LogP contribution in [0.2, 0.25) is 5.02 Å². The van der Waals surface area contributed by atoms with Gasteiger partial charge in [0.25, 0.3) is 0 Å². The van der Waals surface area contributed by atoms with Crippen LogP contribution < -0.4 is 5.73 Å². The first kappa shape index (κ1) is 15.2. The van der Waals surface area contributed by atoms with Gasteiger partial charge in [0, 0.05) is 13.1 Å². The number of nitrogens with two attached hydrogens (primary N) is 1. The Labute approximate surface area is 114 Å². The van der Waals surface area contributed by atoms with Gasteiger partial charge in [0.05, 0.1) is 16.6 Å². The summed E-state index contributed by atoms with van der Waals surface area (Å²) >= 11 is 5.93. The van der Waals surface area contributed by atoms with Gasteiger partial charge in [-0.1, -0.05) is 11.6 Å². The highest BCUT2D eigenvalue weighted by Crippen LogP contribution is 2.26. The van der Waals surface area contributed by atoms with Crippen LogP contribution in [0.1, 0.15) is 18.5 Å². The molecule has 1 rings (SSSR count). The smallest absolute Gasteiger partial charge is 0.406 e. The normalized spacial score (nSPS) is 13.4. The number of carbonyl (C=O) groups is 2. The lowest BCUT2D eigenvalue weighted by atomic mass is 10.1. The van der Waals surface area contributed by atoms with Crippen LogP contribution in [0.5, 0.6) is 0 Å². The number of aromatic nitrogens is 1. The van der Waals surface area contributed by atoms with Crippen LogP contribution in [0, 0.1) is 0 Å². The minimum absolute atomic E-state index is 0.235. The molecule has 0 radical (unpaired) electrons. The minimum Gasteiger partial charge on any atom is -0.465 e. The molecule has 3 N–H and O–H groups in total. The van der Waals surface area contributed by atoms with Crippen molar-refractivity contribution < 1.29 is 24.2 Å². The topological polar surface area (TPSA) is 112 Å². The van der Waals surface area contributed by atoms with Gasteiger partial charge in [-0.15, -0.1) is 0 Å². The number of esters is 1. The van der Waals surface area contributed by atoms with Crippen molar-refractivity contribution in [3.63, 3.8) is 0 Å². The molecule has 1 heterocycles. The van der Waals surface area contributed by atoms with Gasteiger partial charge in [0.1, 0.15) is 6.61 Å². The second-order valence-electron chi connectivity index (χ2n) is 3.61. The molecule has 0 aromatic carbocycles. The number of ether oxygens (including phenoxy) is 2. The summed E-state index contributed by atoms with van der Waals surface area (Å²) in [4.78, 5) is 25.4. The molecule has 2 atom stereocenters. The molecule has 1 unspecified atom stereocenters. The summed E-state index contributed by atoms with van der Waals surface area (Å²) in [6.45, 7) is 0.957. The molecule has 0 aliphatic carbocycles. The van der Waals surface area contributed by atoms with Crippen molar-refractivity contribution in [2.75, 3.05) is 6.61 Å². The lowest BCUT2D eigenvalue weighted by Gasteiger charge is -2.21. The average Bonchev–Trinajstić information content (AvgIpc) is 2.30. The van der Waals surface area contributed by atoms with Crippen molar-refractivity contribution in [1.82, 2.24) is 4.98 Å². The van der Waals surface area contributed by atoms with E-state index in [1.54, 1.807) is 12.1 Å². The number of aliphatic hydroxyl groups is 1. The molecule has 1 amide bonds. The number of rotatable bonds is 5. The minimum atomic E-state index is -1.62. The van der Waals surface area contributed by atoms with Crippen LogP contribution in [-0.4, -0.2) is 35.0 Å². The molecular formula is C11H13ClN2O5. The molecule has 0 spiro atoms. The average molecular weight is 289 g/mol. The van der Waals surface area contributed by atoms with E-state index >= 15 is 0 Å². The van der Waals surface area contributed by atoms with Crippen molar-refractivity contribution in [1.29, 1.82) is 0 Å². The summed E-state index contributed by atoms with van der Waals surface area (Å²) in [6, 6.07) is 3.14. The van der Waals surface area contributed by atoms with Gasteiger partial charge in [0.15, 0.2) is 0 Å². The number of nitrogens with zero attached hydrogens (tertiary/aromatic N) is 1. The van der Waals surface area contributed by atoms with Crippen molar-refractivity contribution in [3.8, 4) is 0 Å². The summed E-state index contributed by atoms with van der Waals surface area (Å²) in [5.41, 5.74) is 5.06. The largest absolute Gasteiger partial charge is 0.465 e. The van der Waals surface area contributed by atoms with Crippen LogP contribution in [0.4, 0.5) is 4.79 Å². The Kier molecular flexibility index (Phi) is 5.53. The zero-order chi connectivity index (χ0) is 14.4. The van der Waals surface area contributed by atoms with Crippen molar-refractivity contribution in [3.05, 3.63) is 29.0 Å². The van der Waals surface area contributed by atoms with Gasteiger partial charge in [-0.25, -0.2) is 4.79 Å². The molecular weight excluding hydrogens is 276 g/mol. The SMILES string of the molecule is CC(=O)OC[C@@H](c1ncccc1Cl)C(O)OC(N)=O. The Hall–Kier alpha value is -1.86. The van der Waals surface area contributed by atoms with Gasteiger partial charge in [-0.05, 0) is 12.1 Å². The zero-order valence-electron chi connectivity index (χ0n) is 10.1. The molecule has 104 valence electrons. The Bertz CT molecular complexity index is 468. The number of halogens is 1. The lowest BCUT2D eigenvalue weighted by Crippen LogP contribution is -2.31. The highest BCUT2D eigenvalue weighted by atomic mass is 35.5. The summed E-state index contributed by atoms with van der Waals surface area (Å²) in [5.74, 6) is -1.48. The van der Waals surface area contributed by atoms with Crippen LogP contribution in [-0.2, 0) is 14.3 Å². The Morgan fingerprint density at radius 2 is 2.26 bits per heavy atom. The highest BCUT2D eigenvalue weighted by molar-refractivity contribution is 6.31. The van der Waals surface area contributed by atoms with E-state index in [1.165, 1.54) is 13.1 Å². The van der Waals surface area contributed by atoms with E-state index in [4.69, 9.17) is 22.1 Å². The van der Waals surface area contributed by atoms with E-state index in [9.17, 15) is 14.7 Å². The first-order chi connectivity index (χ1) is 8.91. The second kappa shape index (κ2) is 6.91. The first-order valence-electron chi connectivity index (χ1n) is 5.29. The van der Waals surface area contributed by atoms with E-state index in [2.05, 4.69) is 9.72 Å². The van der Waals surface area contributed by atoms with Crippen molar-refractivity contribution >= 4 is 23.7 Å². The number of amides is 1. The van der Waals surface area contributed by atoms with Crippen molar-refractivity contribution in [2.24, 2.45) is 5.73 Å². The number of hydrogen-bond donors (Lipinski definition) is 2. The maximum atomic E-state index is 10.8. The van der Waals surface area contributed by atoms with E-state index in [0.29, 0.717) is 0 Å². The Balaban J connectivity index is 2.94. The molecule has 0 aliphatic heterocycles. The molecule has 0 aliphatic rings. The third-order valence-corrected chi connectivity index (χ3v) is 2.51. The summed E-state index contributed by atoms with van der Waals surface area (Å²) < 4.78 is 9.24. The molecule has 0 fully saturated rings. The predicted molar refractivity (Wildman–Crippen MR) is 65.3 cm³/mol. The van der Waals surface area contributed by atoms with Gasteiger partial charge >= 0.3 is 12.1 Å². The van der Waals surface area contributed by atoms with Crippen LogP contribution in [0.15, 0.2) is 18.3 Å². The molecule has 0 bridgehead atoms. The van der Waals surface area contributed by atoms with Gasteiger partial charge < -0.3 is 20.3 Å². The Morgan fingerprint density at radius 3 is 2.79 bits per heavy atom. The molecule has 19 heavy (non-hydrogen) atoms. The second-order valence-corrected chi connectivity index (χ2v) is 4.01. The fraction of sp³-hybridized carbons (Fsp3) is 0.364. The van der Waals surface area contributed by atoms with Gasteiger partial charge in [-0.2, -0.15) is 0 Å². The first-order valence-corrected chi connectivity index (χ1v) is 5.67. The van der Waals surface area contributed by atoms with Crippen LogP contribution in [0.3, 0.4) is 0 Å². The van der Waals surface area contributed by atoms with E-state index in [1.807, 2.05) is 0 Å². The van der Waals surface area contributed by atoms with Crippen LogP contribution in [0.25, 0.3) is 0 Å². The van der Waals surface area contributed by atoms with E-state index in [-0.39, 0.29) is 17.3 Å². The number of carbonyl (C=O) groups excluding carboxylic acids is 2. The van der Waals surface area contributed by atoms with Gasteiger partial charge in [0.2, 0.25) is 6.29 Å². The van der Waals surface area contributed by atoms with Crippen LogP contribution >= 0.6 is 11.6 Å². The summed E-state index contributed by atoms with van der Waals surface area (Å²) in [6.07, 6.45) is -1.34. The lowest BCUT2D eigenvalue weighted by molar-refractivity contribution is -0.145. The molecule has 1 aromatic heterocycles. The maximum absolute atomic E-state index is 10.8. The molecule has 0 saturated heterocycles. The standard InChI is InChI=1S/C11H13ClN2O5/c1-6(15)18-5-7(10(16)19-11(13)17)9-8(12)3-2-4-14-9/h2-4,7,10,16H,5H2,1H3,(H2,13,17)/t7-,10?/m0/s1. The fourth-order valence-corrected chi connectivity index (χ4v) is 1.64. The summed E-state index contributed by atoms with van der Waals surface area (Å²) in [5, 5.41) is 10.00. The fourth-order valence-electron chi connectivity index (χ4n) is 1.38. The maximum Gasteiger partial charge on any atom is 0.406 e. The molecule has 8 heteroatoms. The monoisotopic (exact) mass is 288 g/mol. The quantitative estimate of drug-likeness (QED) is 0.612. The number of primary amides is 1. The molecule has 1 aromatic rings. The highest BCUT2D eigenvalue weighted by Gasteiger charge is 2.28. The zero-order valence-corrected chi connectivity index (χ0v) is 10.8. The van der Waals surface area contributed by atoms with Gasteiger partial charge in [-0.3, -0.25) is 9.78 Å². The molecule has 0 saturated carbocycles. The van der Waals surface area contributed by atoms with E-state index in [0.717, 1.165) is 0 Å². The Morgan fingerprint density at radius 1 is 1.58 bits per heavy atom.